The van der Waals surface area contributed by atoms with Gasteiger partial charge in [0.2, 0.25) is 5.91 Å². The number of rotatable bonds is 9. The van der Waals surface area contributed by atoms with E-state index >= 15 is 0 Å². The second kappa shape index (κ2) is 9.81. The van der Waals surface area contributed by atoms with Crippen LogP contribution in [0.2, 0.25) is 0 Å². The van der Waals surface area contributed by atoms with Gasteiger partial charge in [0, 0.05) is 42.9 Å². The molecule has 174 valence electrons. The van der Waals surface area contributed by atoms with Crippen LogP contribution in [-0.2, 0) is 16.6 Å². The van der Waals surface area contributed by atoms with Gasteiger partial charge in [-0.25, -0.2) is 9.97 Å². The van der Waals surface area contributed by atoms with Crippen molar-refractivity contribution in [2.24, 2.45) is 0 Å². The fourth-order valence-electron chi connectivity index (χ4n) is 3.88. The smallest absolute Gasteiger partial charge is 0.239 e. The summed E-state index contributed by atoms with van der Waals surface area (Å²) >= 11 is 0. The van der Waals surface area contributed by atoms with Crippen molar-refractivity contribution >= 4 is 11.7 Å². The first-order chi connectivity index (χ1) is 15.1. The van der Waals surface area contributed by atoms with Crippen molar-refractivity contribution in [2.45, 2.75) is 52.0 Å². The number of hydrogen-bond donors (Lipinski definition) is 1. The van der Waals surface area contributed by atoms with E-state index in [0.29, 0.717) is 18.1 Å². The second-order valence-corrected chi connectivity index (χ2v) is 9.69. The minimum Gasteiger partial charge on any atom is -0.492 e. The number of nitrogens with zero attached hydrogens (tertiary/aromatic N) is 5. The molecule has 0 unspecified atom stereocenters. The van der Waals surface area contributed by atoms with E-state index in [1.54, 1.807) is 6.20 Å². The number of aromatic nitrogens is 3. The molecule has 1 aliphatic carbocycles. The van der Waals surface area contributed by atoms with Gasteiger partial charge in [-0.1, -0.05) is 13.8 Å². The van der Waals surface area contributed by atoms with E-state index in [0.717, 1.165) is 42.2 Å². The van der Waals surface area contributed by atoms with Gasteiger partial charge in [-0.05, 0) is 46.9 Å². The Labute approximate surface area is 191 Å². The zero-order valence-electron chi connectivity index (χ0n) is 20.4. The maximum absolute atomic E-state index is 12.4. The van der Waals surface area contributed by atoms with Gasteiger partial charge >= 0.3 is 0 Å². The van der Waals surface area contributed by atoms with Crippen molar-refractivity contribution in [1.29, 1.82) is 0 Å². The molecule has 0 radical (unpaired) electrons. The predicted octanol–water partition coefficient (Wildman–Crippen LogP) is 2.66. The van der Waals surface area contributed by atoms with Crippen molar-refractivity contribution in [2.75, 3.05) is 45.7 Å². The molecule has 0 bridgehead atoms. The second-order valence-electron chi connectivity index (χ2n) is 9.69. The highest BCUT2D eigenvalue weighted by molar-refractivity contribution is 5.81. The van der Waals surface area contributed by atoms with Gasteiger partial charge < -0.3 is 19.9 Å². The quantitative estimate of drug-likeness (QED) is 0.642. The van der Waals surface area contributed by atoms with E-state index < -0.39 is 0 Å². The van der Waals surface area contributed by atoms with Crippen LogP contribution in [0.5, 0.6) is 5.75 Å². The van der Waals surface area contributed by atoms with Crippen LogP contribution in [0.15, 0.2) is 18.3 Å². The van der Waals surface area contributed by atoms with E-state index in [-0.39, 0.29) is 23.9 Å². The molecule has 2 aromatic rings. The van der Waals surface area contributed by atoms with Crippen LogP contribution in [0.1, 0.15) is 45.4 Å². The molecule has 8 heteroatoms. The number of anilines is 1. The predicted molar refractivity (Wildman–Crippen MR) is 127 cm³/mol. The maximum atomic E-state index is 12.4. The lowest BCUT2D eigenvalue weighted by molar-refractivity contribution is -0.120. The number of likely N-dealkylation sites (N-methyl/N-ethyl adjacent to an activating group) is 2. The van der Waals surface area contributed by atoms with E-state index in [2.05, 4.69) is 29.0 Å². The summed E-state index contributed by atoms with van der Waals surface area (Å²) in [6.07, 6.45) is 3.62. The van der Waals surface area contributed by atoms with E-state index in [1.807, 2.05) is 52.0 Å². The van der Waals surface area contributed by atoms with Gasteiger partial charge in [-0.2, -0.15) is 0 Å². The third kappa shape index (κ3) is 5.73. The Kier molecular flexibility index (Phi) is 7.33. The van der Waals surface area contributed by atoms with Crippen LogP contribution in [0.4, 0.5) is 5.82 Å². The maximum Gasteiger partial charge on any atom is 0.239 e. The highest BCUT2D eigenvalue weighted by Crippen LogP contribution is 2.41. The largest absolute Gasteiger partial charge is 0.492 e. The molecular weight excluding hydrogens is 404 g/mol. The van der Waals surface area contributed by atoms with Crippen LogP contribution in [-0.4, -0.2) is 72.6 Å². The number of fused-ring (bicyclic) bond motifs is 1. The Morgan fingerprint density at radius 2 is 2.00 bits per heavy atom. The molecule has 1 amide bonds. The van der Waals surface area contributed by atoms with Crippen molar-refractivity contribution < 1.29 is 9.53 Å². The van der Waals surface area contributed by atoms with E-state index in [9.17, 15) is 4.79 Å². The number of ether oxygens (including phenoxy) is 1. The molecule has 0 spiro atoms. The number of pyridine rings is 1. The Hall–Kier alpha value is -2.74. The Morgan fingerprint density at radius 1 is 1.25 bits per heavy atom. The van der Waals surface area contributed by atoms with Gasteiger partial charge in [0.1, 0.15) is 23.9 Å². The summed E-state index contributed by atoms with van der Waals surface area (Å²) < 4.78 is 5.88. The minimum atomic E-state index is -0.0530. The number of amides is 1. The molecule has 1 aliphatic rings. The molecule has 0 aliphatic heterocycles. The summed E-state index contributed by atoms with van der Waals surface area (Å²) in [5, 5.41) is 2.95. The van der Waals surface area contributed by atoms with Gasteiger partial charge in [0.25, 0.3) is 0 Å². The summed E-state index contributed by atoms with van der Waals surface area (Å²) in [5.41, 5.74) is 2.77. The topological polar surface area (TPSA) is 83.5 Å². The van der Waals surface area contributed by atoms with Gasteiger partial charge in [-0.15, -0.1) is 0 Å². The zero-order valence-corrected chi connectivity index (χ0v) is 20.4. The van der Waals surface area contributed by atoms with Crippen LogP contribution in [0, 0.1) is 0 Å². The van der Waals surface area contributed by atoms with E-state index in [4.69, 9.17) is 14.7 Å². The molecule has 3 rings (SSSR count). The first-order valence-electron chi connectivity index (χ1n) is 11.2. The standard InChI is InChI=1S/C24H36N6O2/c1-16(2)26-20(31)15-30(7)23-18-8-10-24(3,4)21(18)27-22(28-23)19-14-17(9-11-25-19)32-13-12-29(5)6/h9,11,14,16H,8,10,12-13,15H2,1-7H3,(H,26,31). The van der Waals surface area contributed by atoms with Crippen LogP contribution < -0.4 is 15.0 Å². The number of hydrogen-bond acceptors (Lipinski definition) is 7. The lowest BCUT2D eigenvalue weighted by Crippen LogP contribution is -2.39. The molecule has 0 fully saturated rings. The Morgan fingerprint density at radius 3 is 2.69 bits per heavy atom. The fraction of sp³-hybridized carbons (Fsp3) is 0.583. The van der Waals surface area contributed by atoms with Crippen molar-refractivity contribution in [3.05, 3.63) is 29.6 Å². The van der Waals surface area contributed by atoms with Crippen molar-refractivity contribution in [1.82, 2.24) is 25.2 Å². The highest BCUT2D eigenvalue weighted by Gasteiger charge is 2.35. The van der Waals surface area contributed by atoms with Gasteiger partial charge in [0.05, 0.1) is 12.2 Å². The molecule has 0 aromatic carbocycles. The molecule has 0 atom stereocenters. The van der Waals surface area contributed by atoms with Crippen molar-refractivity contribution in [3.63, 3.8) is 0 Å². The van der Waals surface area contributed by atoms with E-state index in [1.165, 1.54) is 0 Å². The van der Waals surface area contributed by atoms with Crippen LogP contribution in [0.25, 0.3) is 11.5 Å². The normalized spacial score (nSPS) is 14.5. The van der Waals surface area contributed by atoms with Crippen LogP contribution in [0.3, 0.4) is 0 Å². The first kappa shape index (κ1) is 23.9. The summed E-state index contributed by atoms with van der Waals surface area (Å²) in [7, 11) is 5.94. The molecular formula is C24H36N6O2. The lowest BCUT2D eigenvalue weighted by Gasteiger charge is -2.24. The van der Waals surface area contributed by atoms with Crippen LogP contribution >= 0.6 is 0 Å². The number of carbonyl (C=O) groups is 1. The number of nitrogens with one attached hydrogen (secondary N) is 1. The van der Waals surface area contributed by atoms with Gasteiger partial charge in [-0.3, -0.25) is 9.78 Å². The molecule has 2 heterocycles. The summed E-state index contributed by atoms with van der Waals surface area (Å²) in [5.74, 6) is 2.08. The molecule has 2 aromatic heterocycles. The molecule has 1 N–H and O–H groups in total. The minimum absolute atomic E-state index is 0.0249. The Bertz CT molecular complexity index is 958. The van der Waals surface area contributed by atoms with Gasteiger partial charge in [0.15, 0.2) is 5.82 Å². The third-order valence-corrected chi connectivity index (χ3v) is 5.59. The Balaban J connectivity index is 1.94. The molecule has 0 saturated heterocycles. The lowest BCUT2D eigenvalue weighted by atomic mass is 9.90. The fourth-order valence-corrected chi connectivity index (χ4v) is 3.88. The number of carbonyl (C=O) groups excluding carboxylic acids is 1. The monoisotopic (exact) mass is 440 g/mol. The molecule has 8 nitrogen and oxygen atoms in total. The van der Waals surface area contributed by atoms with Crippen molar-refractivity contribution in [3.8, 4) is 17.3 Å². The zero-order chi connectivity index (χ0) is 23.5. The molecule has 32 heavy (non-hydrogen) atoms. The summed E-state index contributed by atoms with van der Waals surface area (Å²) in [4.78, 5) is 30.7. The average Bonchev–Trinajstić information content (AvgIpc) is 3.01. The summed E-state index contributed by atoms with van der Waals surface area (Å²) in [6.45, 7) is 9.99. The molecule has 0 saturated carbocycles. The first-order valence-corrected chi connectivity index (χ1v) is 11.2. The third-order valence-electron chi connectivity index (χ3n) is 5.59. The highest BCUT2D eigenvalue weighted by atomic mass is 16.5. The SMILES string of the molecule is CC(C)NC(=O)CN(C)c1nc(-c2cc(OCCN(C)C)ccn2)nc2c1CCC2(C)C. The summed E-state index contributed by atoms with van der Waals surface area (Å²) in [6, 6.07) is 3.83. The average molecular weight is 441 g/mol.